The average Bonchev–Trinajstić information content (AvgIpc) is 2.36. The number of benzene rings is 2. The molecule has 0 saturated heterocycles. The molecule has 0 aromatic heterocycles. The molecule has 0 amide bonds. The summed E-state index contributed by atoms with van der Waals surface area (Å²) in [5.74, 6) is -2.79. The Morgan fingerprint density at radius 3 is 2.41 bits per heavy atom. The molecule has 0 spiro atoms. The molecule has 0 heterocycles. The van der Waals surface area contributed by atoms with Crippen molar-refractivity contribution in [3.63, 3.8) is 0 Å². The largest absolute Gasteiger partial charge is 0.475 e. The van der Waals surface area contributed by atoms with Gasteiger partial charge in [-0.2, -0.15) is 0 Å². The van der Waals surface area contributed by atoms with E-state index in [0.717, 1.165) is 16.3 Å². The van der Waals surface area contributed by atoms with E-state index in [2.05, 4.69) is 0 Å². The van der Waals surface area contributed by atoms with Crippen LogP contribution in [0.5, 0.6) is 0 Å². The Bertz CT molecular complexity index is 582. The summed E-state index contributed by atoms with van der Waals surface area (Å²) >= 11 is 0. The highest BCUT2D eigenvalue weighted by atomic mass is 16.4. The van der Waals surface area contributed by atoms with Crippen molar-refractivity contribution in [3.8, 4) is 0 Å². The molecule has 3 heteroatoms. The van der Waals surface area contributed by atoms with Gasteiger partial charge in [0.05, 0.1) is 5.92 Å². The van der Waals surface area contributed by atoms with Gasteiger partial charge < -0.3 is 5.11 Å². The number of hydrogen-bond acceptors (Lipinski definition) is 2. The number of ketones is 1. The molecule has 2 aromatic carbocycles. The molecule has 2 aromatic rings. The van der Waals surface area contributed by atoms with Crippen LogP contribution in [0.2, 0.25) is 0 Å². The molecule has 0 fully saturated rings. The van der Waals surface area contributed by atoms with E-state index in [1.807, 2.05) is 36.4 Å². The fourth-order valence-corrected chi connectivity index (χ4v) is 1.95. The molecule has 2 rings (SSSR count). The minimum absolute atomic E-state index is 0.626. The van der Waals surface area contributed by atoms with E-state index in [4.69, 9.17) is 5.11 Å². The zero-order valence-electron chi connectivity index (χ0n) is 9.38. The molecule has 0 aliphatic heterocycles. The van der Waals surface area contributed by atoms with Crippen molar-refractivity contribution in [2.45, 2.75) is 12.8 Å². The molecule has 1 atom stereocenters. The van der Waals surface area contributed by atoms with Crippen LogP contribution in [0.25, 0.3) is 10.8 Å². The minimum Gasteiger partial charge on any atom is -0.475 e. The summed E-state index contributed by atoms with van der Waals surface area (Å²) in [5.41, 5.74) is 0.760. The Balaban J connectivity index is 2.56. The second kappa shape index (κ2) is 4.37. The van der Waals surface area contributed by atoms with Crippen LogP contribution in [-0.4, -0.2) is 16.9 Å². The molecule has 0 aliphatic rings. The first-order valence-electron chi connectivity index (χ1n) is 5.36. The molecule has 3 nitrogen and oxygen atoms in total. The fourth-order valence-electron chi connectivity index (χ4n) is 1.95. The Hall–Kier alpha value is -2.16. The molecular formula is C14H12O3. The number of carbonyl (C=O) groups is 2. The van der Waals surface area contributed by atoms with Gasteiger partial charge in [0.1, 0.15) is 0 Å². The molecule has 1 unspecified atom stereocenters. The van der Waals surface area contributed by atoms with Crippen LogP contribution < -0.4 is 0 Å². The molecule has 86 valence electrons. The third kappa shape index (κ3) is 2.04. The third-order valence-electron chi connectivity index (χ3n) is 2.89. The molecule has 1 N–H and O–H groups in total. The lowest BCUT2D eigenvalue weighted by molar-refractivity contribution is -0.149. The summed E-state index contributed by atoms with van der Waals surface area (Å²) in [6.45, 7) is 1.62. The maximum Gasteiger partial charge on any atom is 0.372 e. The monoisotopic (exact) mass is 228 g/mol. The van der Waals surface area contributed by atoms with Crippen molar-refractivity contribution in [2.75, 3.05) is 0 Å². The van der Waals surface area contributed by atoms with Crippen LogP contribution in [0.1, 0.15) is 18.4 Å². The zero-order chi connectivity index (χ0) is 12.4. The molecule has 17 heavy (non-hydrogen) atoms. The van der Waals surface area contributed by atoms with Gasteiger partial charge in [0.2, 0.25) is 5.78 Å². The summed E-state index contributed by atoms with van der Waals surface area (Å²) in [5, 5.41) is 10.7. The van der Waals surface area contributed by atoms with Crippen molar-refractivity contribution < 1.29 is 14.7 Å². The number of carboxylic acid groups (broad SMARTS) is 1. The predicted molar refractivity (Wildman–Crippen MR) is 65.0 cm³/mol. The van der Waals surface area contributed by atoms with Gasteiger partial charge in [0.25, 0.3) is 0 Å². The molecule has 0 radical (unpaired) electrons. The van der Waals surface area contributed by atoms with Gasteiger partial charge in [0.15, 0.2) is 0 Å². The quantitative estimate of drug-likeness (QED) is 0.821. The smallest absolute Gasteiger partial charge is 0.372 e. The van der Waals surface area contributed by atoms with Gasteiger partial charge in [-0.1, -0.05) is 49.4 Å². The average molecular weight is 228 g/mol. The van der Waals surface area contributed by atoms with Gasteiger partial charge in [-0.3, -0.25) is 4.79 Å². The van der Waals surface area contributed by atoms with Crippen LogP contribution in [0.3, 0.4) is 0 Å². The summed E-state index contributed by atoms with van der Waals surface area (Å²) in [4.78, 5) is 22.2. The van der Waals surface area contributed by atoms with Crippen molar-refractivity contribution in [1.29, 1.82) is 0 Å². The van der Waals surface area contributed by atoms with Gasteiger partial charge in [-0.25, -0.2) is 4.79 Å². The summed E-state index contributed by atoms with van der Waals surface area (Å²) in [7, 11) is 0. The van der Waals surface area contributed by atoms with E-state index in [1.165, 1.54) is 0 Å². The molecule has 0 aliphatic carbocycles. The number of fused-ring (bicyclic) bond motifs is 1. The Morgan fingerprint density at radius 2 is 1.71 bits per heavy atom. The van der Waals surface area contributed by atoms with Gasteiger partial charge in [0, 0.05) is 0 Å². The van der Waals surface area contributed by atoms with E-state index in [9.17, 15) is 9.59 Å². The van der Waals surface area contributed by atoms with E-state index >= 15 is 0 Å². The summed E-state index contributed by atoms with van der Waals surface area (Å²) in [6, 6.07) is 13.2. The second-order valence-electron chi connectivity index (χ2n) is 3.96. The summed E-state index contributed by atoms with van der Waals surface area (Å²) in [6.07, 6.45) is 0. The summed E-state index contributed by atoms with van der Waals surface area (Å²) < 4.78 is 0. The number of carboxylic acids is 1. The number of hydrogen-bond donors (Lipinski definition) is 1. The van der Waals surface area contributed by atoms with Crippen LogP contribution in [0.4, 0.5) is 0 Å². The maximum absolute atomic E-state index is 11.5. The standard InChI is InChI=1S/C14H12O3/c1-9(13(15)14(16)17)11-8-4-6-10-5-2-3-7-12(10)11/h2-9H,1H3,(H,16,17). The number of Topliss-reactive ketones (excluding diaryl/α,β-unsaturated/α-hetero) is 1. The number of carbonyl (C=O) groups excluding carboxylic acids is 1. The third-order valence-corrected chi connectivity index (χ3v) is 2.89. The fraction of sp³-hybridized carbons (Fsp3) is 0.143. The molecule has 0 saturated carbocycles. The van der Waals surface area contributed by atoms with Crippen molar-refractivity contribution in [2.24, 2.45) is 0 Å². The number of aliphatic carboxylic acids is 1. The van der Waals surface area contributed by atoms with Gasteiger partial charge in [-0.15, -0.1) is 0 Å². The maximum atomic E-state index is 11.5. The van der Waals surface area contributed by atoms with E-state index in [-0.39, 0.29) is 0 Å². The normalized spacial score (nSPS) is 12.3. The first-order chi connectivity index (χ1) is 8.11. The molecular weight excluding hydrogens is 216 g/mol. The number of rotatable bonds is 3. The van der Waals surface area contributed by atoms with Crippen molar-refractivity contribution in [1.82, 2.24) is 0 Å². The van der Waals surface area contributed by atoms with Crippen molar-refractivity contribution in [3.05, 3.63) is 48.0 Å². The Kier molecular flexibility index (Phi) is 2.91. The van der Waals surface area contributed by atoms with Crippen LogP contribution in [-0.2, 0) is 9.59 Å². The van der Waals surface area contributed by atoms with E-state index in [1.54, 1.807) is 13.0 Å². The molecule has 0 bridgehead atoms. The van der Waals surface area contributed by atoms with Gasteiger partial charge >= 0.3 is 5.97 Å². The highest BCUT2D eigenvalue weighted by molar-refractivity contribution is 6.35. The second-order valence-corrected chi connectivity index (χ2v) is 3.96. The van der Waals surface area contributed by atoms with Crippen molar-refractivity contribution >= 4 is 22.5 Å². The lowest BCUT2D eigenvalue weighted by Crippen LogP contribution is -2.19. The van der Waals surface area contributed by atoms with Crippen LogP contribution in [0.15, 0.2) is 42.5 Å². The minimum atomic E-state index is -1.38. The first-order valence-corrected chi connectivity index (χ1v) is 5.36. The first kappa shape index (κ1) is 11.3. The van der Waals surface area contributed by atoms with E-state index in [0.29, 0.717) is 0 Å². The lowest BCUT2D eigenvalue weighted by Gasteiger charge is -2.11. The Morgan fingerprint density at radius 1 is 1.06 bits per heavy atom. The Labute approximate surface area is 98.7 Å². The zero-order valence-corrected chi connectivity index (χ0v) is 9.38. The highest BCUT2D eigenvalue weighted by Crippen LogP contribution is 2.26. The lowest BCUT2D eigenvalue weighted by atomic mass is 9.92. The van der Waals surface area contributed by atoms with Crippen LogP contribution in [0, 0.1) is 0 Å². The van der Waals surface area contributed by atoms with Gasteiger partial charge in [-0.05, 0) is 16.3 Å². The van der Waals surface area contributed by atoms with Crippen LogP contribution >= 0.6 is 0 Å². The van der Waals surface area contributed by atoms with E-state index < -0.39 is 17.7 Å². The highest BCUT2D eigenvalue weighted by Gasteiger charge is 2.23. The predicted octanol–water partition coefficient (Wildman–Crippen LogP) is 2.60. The topological polar surface area (TPSA) is 54.4 Å². The SMILES string of the molecule is CC(C(=O)C(=O)O)c1cccc2ccccc12.